The Labute approximate surface area is 191 Å². The number of hydrogen-bond donors (Lipinski definition) is 3. The number of hydrogen-bond acceptors (Lipinski definition) is 8. The number of rotatable bonds is 6. The number of thiophene rings is 1. The van der Waals surface area contributed by atoms with Gasteiger partial charge in [0.15, 0.2) is 5.82 Å². The number of nitrogens with zero attached hydrogens (tertiary/aromatic N) is 5. The Hall–Kier alpha value is -2.72. The average molecular weight is 455 g/mol. The summed E-state index contributed by atoms with van der Waals surface area (Å²) in [6, 6.07) is 5.15. The lowest BCUT2D eigenvalue weighted by Crippen LogP contribution is -2.57. The van der Waals surface area contributed by atoms with Gasteiger partial charge in [0.2, 0.25) is 11.9 Å². The van der Waals surface area contributed by atoms with Gasteiger partial charge in [0.25, 0.3) is 0 Å². The molecule has 2 fully saturated rings. The molecule has 170 valence electrons. The first-order valence-corrected chi connectivity index (χ1v) is 12.1. The van der Waals surface area contributed by atoms with E-state index in [0.29, 0.717) is 30.6 Å². The van der Waals surface area contributed by atoms with Crippen LogP contribution < -0.4 is 10.6 Å². The Morgan fingerprint density at radius 3 is 2.75 bits per heavy atom. The van der Waals surface area contributed by atoms with Gasteiger partial charge in [0.05, 0.1) is 11.9 Å². The van der Waals surface area contributed by atoms with Gasteiger partial charge in [-0.3, -0.25) is 14.8 Å². The molecule has 0 unspecified atom stereocenters. The Balaban J connectivity index is 1.33. The molecule has 3 atom stereocenters. The van der Waals surface area contributed by atoms with Crippen LogP contribution in [0.4, 0.5) is 17.6 Å². The minimum absolute atomic E-state index is 0.184. The lowest BCUT2D eigenvalue weighted by atomic mass is 9.81. The quantitative estimate of drug-likeness (QED) is 0.525. The van der Waals surface area contributed by atoms with Crippen molar-refractivity contribution in [3.63, 3.8) is 0 Å². The highest BCUT2D eigenvalue weighted by Crippen LogP contribution is 2.35. The van der Waals surface area contributed by atoms with Crippen molar-refractivity contribution in [3.05, 3.63) is 23.2 Å². The minimum atomic E-state index is 0.184. The third-order valence-corrected chi connectivity index (χ3v) is 7.36. The van der Waals surface area contributed by atoms with Crippen molar-refractivity contribution in [2.75, 3.05) is 31.3 Å². The largest absolute Gasteiger partial charge is 0.351 e. The molecule has 0 radical (unpaired) electrons. The van der Waals surface area contributed by atoms with Crippen LogP contribution in [0.1, 0.15) is 37.8 Å². The summed E-state index contributed by atoms with van der Waals surface area (Å²) in [5, 5.41) is 17.2. The lowest BCUT2D eigenvalue weighted by molar-refractivity contribution is -0.132. The van der Waals surface area contributed by atoms with Gasteiger partial charge in [-0.2, -0.15) is 10.1 Å². The number of piperidine rings is 2. The normalized spacial score (nSPS) is 23.3. The summed E-state index contributed by atoms with van der Waals surface area (Å²) < 4.78 is 0. The van der Waals surface area contributed by atoms with E-state index in [1.165, 1.54) is 6.42 Å². The first-order valence-electron chi connectivity index (χ1n) is 11.2. The van der Waals surface area contributed by atoms with Crippen LogP contribution in [0.3, 0.4) is 0 Å². The molecular weight excluding hydrogens is 424 g/mol. The van der Waals surface area contributed by atoms with Crippen LogP contribution in [0.15, 0.2) is 17.5 Å². The molecule has 5 rings (SSSR count). The fourth-order valence-electron chi connectivity index (χ4n) is 4.95. The van der Waals surface area contributed by atoms with Gasteiger partial charge in [0, 0.05) is 44.0 Å². The summed E-state index contributed by atoms with van der Waals surface area (Å²) >= 11 is 1.61. The molecule has 0 aliphatic carbocycles. The number of carbonyl (C=O) groups excluding carboxylic acids is 1. The van der Waals surface area contributed by atoms with E-state index in [-0.39, 0.29) is 5.91 Å². The van der Waals surface area contributed by atoms with Crippen molar-refractivity contribution >= 4 is 45.0 Å². The number of likely N-dealkylation sites (N-methyl/N-ethyl adjacent to an activating group) is 1. The molecule has 2 bridgehead atoms. The van der Waals surface area contributed by atoms with E-state index >= 15 is 0 Å². The summed E-state index contributed by atoms with van der Waals surface area (Å²) in [6.45, 7) is 2.49. The molecule has 0 spiro atoms. The highest BCUT2D eigenvalue weighted by atomic mass is 32.1. The predicted octanol–water partition coefficient (Wildman–Crippen LogP) is 3.35. The van der Waals surface area contributed by atoms with Crippen LogP contribution in [-0.2, 0) is 4.79 Å². The third-order valence-electron chi connectivity index (χ3n) is 6.55. The summed E-state index contributed by atoms with van der Waals surface area (Å²) in [5.41, 5.74) is 0.993. The molecule has 5 heterocycles. The molecule has 10 heteroatoms. The molecule has 0 aromatic carbocycles. The number of aromatic nitrogens is 4. The van der Waals surface area contributed by atoms with E-state index < -0.39 is 0 Å². The molecule has 2 saturated heterocycles. The highest BCUT2D eigenvalue weighted by Gasteiger charge is 2.39. The molecule has 2 aliphatic heterocycles. The van der Waals surface area contributed by atoms with E-state index in [4.69, 9.17) is 9.97 Å². The number of amides is 1. The highest BCUT2D eigenvalue weighted by molar-refractivity contribution is 7.16. The Morgan fingerprint density at radius 1 is 1.28 bits per heavy atom. The molecule has 9 nitrogen and oxygen atoms in total. The van der Waals surface area contributed by atoms with Crippen LogP contribution >= 0.6 is 11.3 Å². The second kappa shape index (κ2) is 8.67. The zero-order chi connectivity index (χ0) is 22.2. The number of carbonyl (C=O) groups is 1. The zero-order valence-electron chi connectivity index (χ0n) is 18.8. The predicted molar refractivity (Wildman–Crippen MR) is 127 cm³/mol. The monoisotopic (exact) mass is 454 g/mol. The summed E-state index contributed by atoms with van der Waals surface area (Å²) in [4.78, 5) is 27.0. The van der Waals surface area contributed by atoms with E-state index in [1.807, 2.05) is 38.5 Å². The number of aryl methyl sites for hydroxylation is 1. The number of nitrogens with one attached hydrogen (secondary N) is 3. The van der Waals surface area contributed by atoms with Crippen molar-refractivity contribution in [1.82, 2.24) is 30.0 Å². The van der Waals surface area contributed by atoms with Gasteiger partial charge in [-0.05, 0) is 44.1 Å². The number of aromatic amines is 1. The molecule has 1 amide bonds. The molecule has 0 saturated carbocycles. The molecule has 2 aliphatic rings. The second-order valence-electron chi connectivity index (χ2n) is 9.11. The number of anilines is 3. The van der Waals surface area contributed by atoms with Crippen molar-refractivity contribution in [2.24, 2.45) is 0 Å². The van der Waals surface area contributed by atoms with Crippen LogP contribution in [0.2, 0.25) is 0 Å². The van der Waals surface area contributed by atoms with Crippen LogP contribution in [0, 0.1) is 6.92 Å². The van der Waals surface area contributed by atoms with Crippen molar-refractivity contribution in [3.8, 4) is 0 Å². The minimum Gasteiger partial charge on any atom is -0.351 e. The third kappa shape index (κ3) is 4.29. The topological polar surface area (TPSA) is 102 Å². The van der Waals surface area contributed by atoms with E-state index in [1.54, 1.807) is 16.2 Å². The first kappa shape index (κ1) is 21.1. The maximum atomic E-state index is 12.3. The Kier molecular flexibility index (Phi) is 5.73. The van der Waals surface area contributed by atoms with E-state index in [2.05, 4.69) is 25.7 Å². The molecule has 32 heavy (non-hydrogen) atoms. The van der Waals surface area contributed by atoms with Crippen LogP contribution in [0.5, 0.6) is 0 Å². The van der Waals surface area contributed by atoms with Crippen molar-refractivity contribution in [1.29, 1.82) is 0 Å². The van der Waals surface area contributed by atoms with Crippen LogP contribution in [-0.4, -0.2) is 74.6 Å². The fraction of sp³-hybridized carbons (Fsp3) is 0.545. The van der Waals surface area contributed by atoms with Crippen molar-refractivity contribution in [2.45, 2.75) is 57.2 Å². The molecular formula is C22H30N8OS. The smallest absolute Gasteiger partial charge is 0.236 e. The first-order chi connectivity index (χ1) is 15.5. The number of H-pyrrole nitrogens is 1. The van der Waals surface area contributed by atoms with Gasteiger partial charge in [-0.1, -0.05) is 6.42 Å². The zero-order valence-corrected chi connectivity index (χ0v) is 19.6. The van der Waals surface area contributed by atoms with E-state index in [9.17, 15) is 4.79 Å². The molecule has 3 aromatic rings. The molecule has 3 N–H and O–H groups in total. The number of fused-ring (bicyclic) bond motifs is 3. The maximum Gasteiger partial charge on any atom is 0.236 e. The van der Waals surface area contributed by atoms with Gasteiger partial charge in [-0.25, -0.2) is 4.98 Å². The maximum absolute atomic E-state index is 12.3. The summed E-state index contributed by atoms with van der Waals surface area (Å²) in [5.74, 6) is 2.34. The van der Waals surface area contributed by atoms with E-state index in [0.717, 1.165) is 53.2 Å². The van der Waals surface area contributed by atoms with Crippen LogP contribution in [0.25, 0.3) is 10.2 Å². The average Bonchev–Trinajstić information content (AvgIpc) is 3.37. The van der Waals surface area contributed by atoms with Crippen molar-refractivity contribution < 1.29 is 4.79 Å². The Bertz CT molecular complexity index is 1090. The lowest BCUT2D eigenvalue weighted by Gasteiger charge is -2.48. The van der Waals surface area contributed by atoms with Gasteiger partial charge < -0.3 is 15.5 Å². The summed E-state index contributed by atoms with van der Waals surface area (Å²) in [6.07, 6.45) is 5.54. The van der Waals surface area contributed by atoms with Gasteiger partial charge in [-0.15, -0.1) is 11.3 Å². The summed E-state index contributed by atoms with van der Waals surface area (Å²) in [7, 11) is 3.67. The second-order valence-corrected chi connectivity index (χ2v) is 10.0. The standard InChI is InChI=1S/C22H30N8OS/c1-13-9-18(28-27-13)24-20-17-7-8-32-21(17)26-22(25-20)23-14-10-15-5-4-6-16(11-14)30(15)12-19(31)29(2)3/h7-9,14-16H,4-6,10-12H2,1-3H3,(H3,23,24,25,26,27,28)/t14-,15-,16+. The Morgan fingerprint density at radius 2 is 2.06 bits per heavy atom. The SMILES string of the molecule is Cc1cc(Nc2nc(N[C@@H]3C[C@H]4CCC[C@@H](C3)N4CC(=O)N(C)C)nc3sccc23)n[nH]1. The molecule has 3 aromatic heterocycles. The van der Waals surface area contributed by atoms with Gasteiger partial charge in [0.1, 0.15) is 10.6 Å². The fourth-order valence-corrected chi connectivity index (χ4v) is 5.72. The van der Waals surface area contributed by atoms with Gasteiger partial charge >= 0.3 is 0 Å².